The van der Waals surface area contributed by atoms with Crippen LogP contribution >= 0.6 is 0 Å². The van der Waals surface area contributed by atoms with Crippen LogP contribution < -0.4 is 15.8 Å². The summed E-state index contributed by atoms with van der Waals surface area (Å²) in [5, 5.41) is 3.59. The Kier molecular flexibility index (Phi) is 3.53. The lowest BCUT2D eigenvalue weighted by Crippen LogP contribution is -2.63. The van der Waals surface area contributed by atoms with Crippen LogP contribution in [0.3, 0.4) is 0 Å². The minimum Gasteiger partial charge on any atom is -0.484 e. The van der Waals surface area contributed by atoms with Gasteiger partial charge in [0.05, 0.1) is 6.10 Å². The number of nitrogens with two attached hydrogens (primary N) is 1. The molecule has 1 aromatic carbocycles. The van der Waals surface area contributed by atoms with Crippen molar-refractivity contribution >= 4 is 11.6 Å². The number of rotatable bonds is 5. The zero-order valence-corrected chi connectivity index (χ0v) is 12.5. The van der Waals surface area contributed by atoms with E-state index in [-0.39, 0.29) is 12.0 Å². The first kappa shape index (κ1) is 14.2. The lowest BCUT2D eigenvalue weighted by atomic mass is 9.57. The summed E-state index contributed by atoms with van der Waals surface area (Å²) in [4.78, 5) is 10.8. The van der Waals surface area contributed by atoms with Crippen molar-refractivity contribution in [1.29, 1.82) is 0 Å². The van der Waals surface area contributed by atoms with Gasteiger partial charge in [0.1, 0.15) is 5.75 Å². The molecule has 0 radical (unpaired) electrons. The summed E-state index contributed by atoms with van der Waals surface area (Å²) in [5.74, 6) is 0.754. The molecule has 3 N–H and O–H groups in total. The van der Waals surface area contributed by atoms with Gasteiger partial charge in [0.2, 0.25) is 0 Å². The van der Waals surface area contributed by atoms with E-state index in [1.54, 1.807) is 0 Å². The number of nitrogens with one attached hydrogen (secondary N) is 1. The number of fused-ring (bicyclic) bond motifs is 1. The Morgan fingerprint density at radius 2 is 2.33 bits per heavy atom. The van der Waals surface area contributed by atoms with E-state index in [0.717, 1.165) is 18.7 Å². The standard InChI is InChI=1S/C16H22N2O3/c1-16(2)14(12-6-7-20-15(12)16)18-10-4-3-5-11(8-10)21-9-13(17)19/h3-5,8,12,14-15,18H,6-7,9H2,1-2H3,(H2,17,19). The third kappa shape index (κ3) is 2.58. The van der Waals surface area contributed by atoms with Gasteiger partial charge in [-0.05, 0) is 18.6 Å². The van der Waals surface area contributed by atoms with Crippen LogP contribution in [-0.4, -0.2) is 31.3 Å². The summed E-state index contributed by atoms with van der Waals surface area (Å²) < 4.78 is 11.1. The van der Waals surface area contributed by atoms with Crippen LogP contribution in [0.25, 0.3) is 0 Å². The highest BCUT2D eigenvalue weighted by Crippen LogP contribution is 2.53. The molecule has 1 saturated heterocycles. The molecule has 2 fully saturated rings. The monoisotopic (exact) mass is 290 g/mol. The first-order valence-corrected chi connectivity index (χ1v) is 7.38. The Balaban J connectivity index is 1.67. The topological polar surface area (TPSA) is 73.6 Å². The third-order valence-corrected chi connectivity index (χ3v) is 4.64. The Hall–Kier alpha value is -1.75. The highest BCUT2D eigenvalue weighted by Gasteiger charge is 2.59. The number of anilines is 1. The number of hydrogen-bond acceptors (Lipinski definition) is 4. The highest BCUT2D eigenvalue weighted by molar-refractivity contribution is 5.75. The van der Waals surface area contributed by atoms with Crippen molar-refractivity contribution in [2.75, 3.05) is 18.5 Å². The van der Waals surface area contributed by atoms with Crippen molar-refractivity contribution in [3.63, 3.8) is 0 Å². The van der Waals surface area contributed by atoms with E-state index in [0.29, 0.717) is 23.8 Å². The summed E-state index contributed by atoms with van der Waals surface area (Å²) in [7, 11) is 0. The van der Waals surface area contributed by atoms with Crippen molar-refractivity contribution < 1.29 is 14.3 Å². The molecule has 0 aromatic heterocycles. The summed E-state index contributed by atoms with van der Waals surface area (Å²) in [6, 6.07) is 8.05. The van der Waals surface area contributed by atoms with Gasteiger partial charge < -0.3 is 20.5 Å². The zero-order chi connectivity index (χ0) is 15.0. The van der Waals surface area contributed by atoms with Crippen LogP contribution in [0.4, 0.5) is 5.69 Å². The second-order valence-corrected chi connectivity index (χ2v) is 6.47. The fourth-order valence-corrected chi connectivity index (χ4v) is 3.63. The molecule has 5 nitrogen and oxygen atoms in total. The number of carbonyl (C=O) groups excluding carboxylic acids is 1. The van der Waals surface area contributed by atoms with Crippen LogP contribution in [0.2, 0.25) is 0 Å². The van der Waals surface area contributed by atoms with Gasteiger partial charge in [-0.15, -0.1) is 0 Å². The fourth-order valence-electron chi connectivity index (χ4n) is 3.63. The number of primary amides is 1. The van der Waals surface area contributed by atoms with Gasteiger partial charge in [0.25, 0.3) is 5.91 Å². The van der Waals surface area contributed by atoms with E-state index >= 15 is 0 Å². The number of amides is 1. The van der Waals surface area contributed by atoms with Crippen molar-refractivity contribution in [1.82, 2.24) is 0 Å². The molecule has 114 valence electrons. The first-order chi connectivity index (χ1) is 9.98. The van der Waals surface area contributed by atoms with E-state index in [4.69, 9.17) is 15.2 Å². The van der Waals surface area contributed by atoms with Gasteiger partial charge in [-0.3, -0.25) is 4.79 Å². The summed E-state index contributed by atoms with van der Waals surface area (Å²) in [5.41, 5.74) is 6.22. The van der Waals surface area contributed by atoms with E-state index in [2.05, 4.69) is 19.2 Å². The van der Waals surface area contributed by atoms with E-state index in [1.807, 2.05) is 24.3 Å². The smallest absolute Gasteiger partial charge is 0.255 e. The van der Waals surface area contributed by atoms with Crippen molar-refractivity contribution in [3.8, 4) is 5.75 Å². The van der Waals surface area contributed by atoms with Crippen molar-refractivity contribution in [3.05, 3.63) is 24.3 Å². The molecule has 3 atom stereocenters. The minimum absolute atomic E-state index is 0.100. The highest BCUT2D eigenvalue weighted by atomic mass is 16.5. The molecule has 3 unspecified atom stereocenters. The Bertz CT molecular complexity index is 544. The van der Waals surface area contributed by atoms with E-state index in [9.17, 15) is 4.79 Å². The van der Waals surface area contributed by atoms with Gasteiger partial charge in [-0.25, -0.2) is 0 Å². The maximum Gasteiger partial charge on any atom is 0.255 e. The van der Waals surface area contributed by atoms with Crippen LogP contribution in [-0.2, 0) is 9.53 Å². The van der Waals surface area contributed by atoms with E-state index in [1.165, 1.54) is 0 Å². The Morgan fingerprint density at radius 1 is 1.52 bits per heavy atom. The van der Waals surface area contributed by atoms with E-state index < -0.39 is 5.91 Å². The molecule has 1 aliphatic carbocycles. The Morgan fingerprint density at radius 3 is 3.10 bits per heavy atom. The molecule has 1 saturated carbocycles. The lowest BCUT2D eigenvalue weighted by Gasteiger charge is -2.55. The molecule has 3 rings (SSSR count). The maximum absolute atomic E-state index is 10.8. The van der Waals surface area contributed by atoms with Crippen LogP contribution in [0, 0.1) is 11.3 Å². The number of ether oxygens (including phenoxy) is 2. The molecule has 1 aromatic rings. The third-order valence-electron chi connectivity index (χ3n) is 4.64. The lowest BCUT2D eigenvalue weighted by molar-refractivity contribution is -0.119. The largest absolute Gasteiger partial charge is 0.484 e. The van der Waals surface area contributed by atoms with Crippen molar-refractivity contribution in [2.24, 2.45) is 17.1 Å². The second-order valence-electron chi connectivity index (χ2n) is 6.47. The van der Waals surface area contributed by atoms with Gasteiger partial charge >= 0.3 is 0 Å². The normalized spacial score (nSPS) is 29.3. The molecule has 2 aliphatic rings. The minimum atomic E-state index is -0.473. The molecule has 5 heteroatoms. The first-order valence-electron chi connectivity index (χ1n) is 7.38. The molecule has 0 bridgehead atoms. The molecule has 1 aliphatic heterocycles. The van der Waals surface area contributed by atoms with Crippen LogP contribution in [0.15, 0.2) is 24.3 Å². The zero-order valence-electron chi connectivity index (χ0n) is 12.5. The predicted octanol–water partition coefficient (Wildman–Crippen LogP) is 1.78. The number of hydrogen-bond donors (Lipinski definition) is 2. The molecule has 1 heterocycles. The molecule has 21 heavy (non-hydrogen) atoms. The van der Waals surface area contributed by atoms with Crippen molar-refractivity contribution in [2.45, 2.75) is 32.4 Å². The van der Waals surface area contributed by atoms with Gasteiger partial charge in [0.15, 0.2) is 6.61 Å². The SMILES string of the molecule is CC1(C)C(Nc2cccc(OCC(N)=O)c2)C2CCOC21. The quantitative estimate of drug-likeness (QED) is 0.867. The summed E-state index contributed by atoms with van der Waals surface area (Å²) in [6.45, 7) is 5.24. The number of benzene rings is 1. The van der Waals surface area contributed by atoms with Crippen LogP contribution in [0.1, 0.15) is 20.3 Å². The maximum atomic E-state index is 10.8. The second kappa shape index (κ2) is 5.22. The average molecular weight is 290 g/mol. The Labute approximate surface area is 124 Å². The fraction of sp³-hybridized carbons (Fsp3) is 0.562. The molecule has 0 spiro atoms. The molecule has 1 amide bonds. The molecular formula is C16H22N2O3. The molecular weight excluding hydrogens is 268 g/mol. The summed E-state index contributed by atoms with van der Waals surface area (Å²) in [6.07, 6.45) is 1.48. The van der Waals surface area contributed by atoms with Gasteiger partial charge in [0, 0.05) is 35.7 Å². The predicted molar refractivity (Wildman–Crippen MR) is 80.2 cm³/mol. The summed E-state index contributed by atoms with van der Waals surface area (Å²) >= 11 is 0. The van der Waals surface area contributed by atoms with Gasteiger partial charge in [-0.2, -0.15) is 0 Å². The van der Waals surface area contributed by atoms with Crippen LogP contribution in [0.5, 0.6) is 5.75 Å². The number of carbonyl (C=O) groups is 1. The average Bonchev–Trinajstić information content (AvgIpc) is 2.90. The van der Waals surface area contributed by atoms with Gasteiger partial charge in [-0.1, -0.05) is 19.9 Å².